The Morgan fingerprint density at radius 2 is 1.95 bits per heavy atom. The van der Waals surface area contributed by atoms with Gasteiger partial charge in [0.2, 0.25) is 0 Å². The van der Waals surface area contributed by atoms with E-state index in [1.807, 2.05) is 36.4 Å². The van der Waals surface area contributed by atoms with E-state index < -0.39 is 0 Å². The number of pyridine rings is 1. The molecule has 4 nitrogen and oxygen atoms in total. The fraction of sp³-hybridized carbons (Fsp3) is 0.353. The Hall–Kier alpha value is -2.07. The maximum atomic E-state index is 12.4. The Bertz CT molecular complexity index is 662. The first-order valence-electron chi connectivity index (χ1n) is 7.22. The van der Waals surface area contributed by atoms with Crippen LogP contribution in [0.1, 0.15) is 18.9 Å². The molecule has 0 amide bonds. The summed E-state index contributed by atoms with van der Waals surface area (Å²) < 4.78 is 7.06. The van der Waals surface area contributed by atoms with E-state index >= 15 is 0 Å². The summed E-state index contributed by atoms with van der Waals surface area (Å²) in [5, 5.41) is 3.26. The highest BCUT2D eigenvalue weighted by Crippen LogP contribution is 2.28. The third-order valence-corrected chi connectivity index (χ3v) is 3.51. The first-order valence-corrected chi connectivity index (χ1v) is 7.22. The third-order valence-electron chi connectivity index (χ3n) is 3.51. The van der Waals surface area contributed by atoms with Crippen molar-refractivity contribution in [1.29, 1.82) is 0 Å². The highest BCUT2D eigenvalue weighted by molar-refractivity contribution is 5.67. The number of hydrogen-bond donors (Lipinski definition) is 1. The number of nitrogens with one attached hydrogen (secondary N) is 1. The van der Waals surface area contributed by atoms with E-state index in [2.05, 4.69) is 12.2 Å². The maximum Gasteiger partial charge on any atom is 0.255 e. The van der Waals surface area contributed by atoms with Crippen molar-refractivity contribution >= 4 is 0 Å². The average Bonchev–Trinajstić information content (AvgIpc) is 2.52. The van der Waals surface area contributed by atoms with Crippen LogP contribution in [0.25, 0.3) is 11.3 Å². The molecule has 0 aliphatic heterocycles. The molecule has 1 aromatic carbocycles. The SMILES string of the molecule is CCCNCc1ccc(-c2ccccc2OC)n(C)c1=O. The van der Waals surface area contributed by atoms with Crippen molar-refractivity contribution in [3.63, 3.8) is 0 Å². The van der Waals surface area contributed by atoms with Crippen LogP contribution in [0.5, 0.6) is 5.75 Å². The number of methoxy groups -OCH3 is 1. The van der Waals surface area contributed by atoms with E-state index in [4.69, 9.17) is 4.74 Å². The minimum atomic E-state index is 0.0296. The third kappa shape index (κ3) is 3.34. The number of hydrogen-bond acceptors (Lipinski definition) is 3. The molecule has 1 N–H and O–H groups in total. The quantitative estimate of drug-likeness (QED) is 0.830. The number of benzene rings is 1. The summed E-state index contributed by atoms with van der Waals surface area (Å²) >= 11 is 0. The normalized spacial score (nSPS) is 10.6. The van der Waals surface area contributed by atoms with Crippen molar-refractivity contribution in [3.8, 4) is 17.0 Å². The zero-order valence-corrected chi connectivity index (χ0v) is 12.8. The molecule has 21 heavy (non-hydrogen) atoms. The number of ether oxygens (including phenoxy) is 1. The van der Waals surface area contributed by atoms with Gasteiger partial charge >= 0.3 is 0 Å². The van der Waals surface area contributed by atoms with Gasteiger partial charge in [0.1, 0.15) is 5.75 Å². The molecule has 0 spiro atoms. The van der Waals surface area contributed by atoms with E-state index in [-0.39, 0.29) is 5.56 Å². The molecule has 0 radical (unpaired) electrons. The van der Waals surface area contributed by atoms with Crippen LogP contribution in [-0.4, -0.2) is 18.2 Å². The zero-order chi connectivity index (χ0) is 15.2. The molecule has 2 rings (SSSR count). The molecule has 0 unspecified atom stereocenters. The summed E-state index contributed by atoms with van der Waals surface area (Å²) in [7, 11) is 3.44. The molecule has 1 aromatic heterocycles. The lowest BCUT2D eigenvalue weighted by Gasteiger charge is -2.13. The van der Waals surface area contributed by atoms with E-state index in [9.17, 15) is 4.79 Å². The molecule has 0 bridgehead atoms. The average molecular weight is 286 g/mol. The van der Waals surface area contributed by atoms with Crippen molar-refractivity contribution in [3.05, 3.63) is 52.3 Å². The summed E-state index contributed by atoms with van der Waals surface area (Å²) in [6.07, 6.45) is 1.06. The Balaban J connectivity index is 2.39. The zero-order valence-electron chi connectivity index (χ0n) is 12.8. The Morgan fingerprint density at radius 1 is 1.19 bits per heavy atom. The van der Waals surface area contributed by atoms with E-state index in [1.165, 1.54) is 0 Å². The van der Waals surface area contributed by atoms with Crippen molar-refractivity contribution in [2.75, 3.05) is 13.7 Å². The van der Waals surface area contributed by atoms with Gasteiger partial charge in [-0.3, -0.25) is 4.79 Å². The monoisotopic (exact) mass is 286 g/mol. The van der Waals surface area contributed by atoms with Crippen LogP contribution in [0, 0.1) is 0 Å². The molecule has 0 atom stereocenters. The summed E-state index contributed by atoms with van der Waals surface area (Å²) in [5.74, 6) is 0.768. The second-order valence-corrected chi connectivity index (χ2v) is 4.99. The lowest BCUT2D eigenvalue weighted by atomic mass is 10.1. The molecule has 0 fully saturated rings. The largest absolute Gasteiger partial charge is 0.496 e. The van der Waals surface area contributed by atoms with Gasteiger partial charge in [0.05, 0.1) is 12.8 Å². The van der Waals surface area contributed by atoms with Crippen molar-refractivity contribution < 1.29 is 4.74 Å². The highest BCUT2D eigenvalue weighted by Gasteiger charge is 2.11. The first-order chi connectivity index (χ1) is 10.2. The Morgan fingerprint density at radius 3 is 2.67 bits per heavy atom. The van der Waals surface area contributed by atoms with E-state index in [0.717, 1.165) is 35.5 Å². The lowest BCUT2D eigenvalue weighted by Crippen LogP contribution is -2.26. The van der Waals surface area contributed by atoms with Crippen molar-refractivity contribution in [2.45, 2.75) is 19.9 Å². The van der Waals surface area contributed by atoms with Gasteiger partial charge in [0, 0.05) is 24.7 Å². The van der Waals surface area contributed by atoms with Gasteiger partial charge in [-0.1, -0.05) is 25.1 Å². The van der Waals surface area contributed by atoms with Gasteiger partial charge < -0.3 is 14.6 Å². The second-order valence-electron chi connectivity index (χ2n) is 4.99. The molecule has 1 heterocycles. The fourth-order valence-electron chi connectivity index (χ4n) is 2.35. The second kappa shape index (κ2) is 7.09. The summed E-state index contributed by atoms with van der Waals surface area (Å²) in [6.45, 7) is 3.63. The highest BCUT2D eigenvalue weighted by atomic mass is 16.5. The van der Waals surface area contributed by atoms with Gasteiger partial charge in [-0.05, 0) is 31.2 Å². The lowest BCUT2D eigenvalue weighted by molar-refractivity contribution is 0.416. The molecule has 0 saturated heterocycles. The molecule has 0 saturated carbocycles. The van der Waals surface area contributed by atoms with Gasteiger partial charge in [-0.25, -0.2) is 0 Å². The number of rotatable bonds is 6. The van der Waals surface area contributed by atoms with Crippen LogP contribution in [0.3, 0.4) is 0 Å². The number of aromatic nitrogens is 1. The topological polar surface area (TPSA) is 43.3 Å². The van der Waals surface area contributed by atoms with Crippen LogP contribution >= 0.6 is 0 Å². The fourth-order valence-corrected chi connectivity index (χ4v) is 2.35. The summed E-state index contributed by atoms with van der Waals surface area (Å²) in [4.78, 5) is 12.4. The first kappa shape index (κ1) is 15.3. The number of para-hydroxylation sites is 1. The molecule has 0 aliphatic carbocycles. The summed E-state index contributed by atoms with van der Waals surface area (Å²) in [5.41, 5.74) is 2.59. The van der Waals surface area contributed by atoms with Crippen LogP contribution in [0.4, 0.5) is 0 Å². The van der Waals surface area contributed by atoms with E-state index in [1.54, 1.807) is 18.7 Å². The van der Waals surface area contributed by atoms with Crippen LogP contribution in [-0.2, 0) is 13.6 Å². The van der Waals surface area contributed by atoms with Gasteiger partial charge in [-0.15, -0.1) is 0 Å². The van der Waals surface area contributed by atoms with E-state index in [0.29, 0.717) is 6.54 Å². The number of nitrogens with zero attached hydrogens (tertiary/aromatic N) is 1. The van der Waals surface area contributed by atoms with Gasteiger partial charge in [0.25, 0.3) is 5.56 Å². The van der Waals surface area contributed by atoms with Crippen LogP contribution in [0.2, 0.25) is 0 Å². The van der Waals surface area contributed by atoms with Crippen molar-refractivity contribution in [2.24, 2.45) is 7.05 Å². The molecule has 4 heteroatoms. The standard InChI is InChI=1S/C17H22N2O2/c1-4-11-18-12-13-9-10-15(19(2)17(13)20)14-7-5-6-8-16(14)21-3/h5-10,18H,4,11-12H2,1-3H3. The molecular formula is C17H22N2O2. The van der Waals surface area contributed by atoms with Crippen molar-refractivity contribution in [1.82, 2.24) is 9.88 Å². The predicted molar refractivity (Wildman–Crippen MR) is 85.7 cm³/mol. The minimum absolute atomic E-state index is 0.0296. The van der Waals surface area contributed by atoms with Gasteiger partial charge in [-0.2, -0.15) is 0 Å². The molecular weight excluding hydrogens is 264 g/mol. The van der Waals surface area contributed by atoms with Gasteiger partial charge in [0.15, 0.2) is 0 Å². The van der Waals surface area contributed by atoms with Crippen LogP contribution in [0.15, 0.2) is 41.2 Å². The smallest absolute Gasteiger partial charge is 0.255 e. The molecule has 2 aromatic rings. The molecule has 112 valence electrons. The minimum Gasteiger partial charge on any atom is -0.496 e. The summed E-state index contributed by atoms with van der Waals surface area (Å²) in [6, 6.07) is 11.6. The maximum absolute atomic E-state index is 12.4. The predicted octanol–water partition coefficient (Wildman–Crippen LogP) is 2.56. The Kier molecular flexibility index (Phi) is 5.17. The molecule has 0 aliphatic rings. The Labute approximate surface area is 125 Å². The van der Waals surface area contributed by atoms with Crippen LogP contribution < -0.4 is 15.6 Å².